The number of pyridine rings is 1. The zero-order valence-corrected chi connectivity index (χ0v) is 20.2. The van der Waals surface area contributed by atoms with Crippen molar-refractivity contribution in [2.45, 2.75) is 12.5 Å². The number of nitrogens with zero attached hydrogens (tertiary/aromatic N) is 1. The number of aryl methyl sites for hydroxylation is 1. The maximum absolute atomic E-state index is 13.9. The number of carboxylic acids is 1. The number of benzene rings is 2. The number of amides is 2. The molecule has 34 heavy (non-hydrogen) atoms. The predicted molar refractivity (Wildman–Crippen MR) is 114 cm³/mol. The molecule has 4 N–H and O–H groups in total. The van der Waals surface area contributed by atoms with Crippen molar-refractivity contribution in [2.75, 3.05) is 5.32 Å². The van der Waals surface area contributed by atoms with E-state index in [4.69, 9.17) is 4.74 Å². The van der Waals surface area contributed by atoms with Crippen molar-refractivity contribution < 1.29 is 64.3 Å². The van der Waals surface area contributed by atoms with Gasteiger partial charge in [-0.15, -0.1) is 0 Å². The van der Waals surface area contributed by atoms with Crippen molar-refractivity contribution in [3.63, 3.8) is 0 Å². The fraction of sp³-hybridized carbons (Fsp3) is 0.136. The first-order valence-corrected chi connectivity index (χ1v) is 9.55. The van der Waals surface area contributed by atoms with Gasteiger partial charge in [0.1, 0.15) is 17.3 Å². The first-order valence-electron chi connectivity index (χ1n) is 9.55. The molecular weight excluding hydrogens is 463 g/mol. The van der Waals surface area contributed by atoms with E-state index in [9.17, 15) is 33.4 Å². The second kappa shape index (κ2) is 11.6. The third kappa shape index (κ3) is 6.80. The van der Waals surface area contributed by atoms with Crippen molar-refractivity contribution in [1.82, 2.24) is 9.88 Å². The molecule has 12 heteroatoms. The molecule has 0 aliphatic heterocycles. The van der Waals surface area contributed by atoms with E-state index >= 15 is 0 Å². The number of nitrogens with one attached hydrogen (secondary N) is 2. The number of carboxylic acid groups (broad SMARTS) is 1. The van der Waals surface area contributed by atoms with Gasteiger partial charge in [-0.2, -0.15) is 0 Å². The molecule has 1 aromatic heterocycles. The number of anilines is 1. The van der Waals surface area contributed by atoms with Gasteiger partial charge in [0.25, 0.3) is 5.56 Å². The van der Waals surface area contributed by atoms with Crippen LogP contribution in [0.1, 0.15) is 19.5 Å². The molecule has 0 fully saturated rings. The summed E-state index contributed by atoms with van der Waals surface area (Å²) in [5.74, 6) is -3.52. The van der Waals surface area contributed by atoms with Gasteiger partial charge in [-0.05, 0) is 35.9 Å². The minimum atomic E-state index is -1.23. The number of aromatic hydroxyl groups is 1. The van der Waals surface area contributed by atoms with Crippen LogP contribution in [-0.2, 0) is 11.8 Å². The van der Waals surface area contributed by atoms with Crippen molar-refractivity contribution in [2.24, 2.45) is 7.05 Å². The Morgan fingerprint density at radius 1 is 1.18 bits per heavy atom. The van der Waals surface area contributed by atoms with E-state index in [1.54, 1.807) is 0 Å². The molecule has 1 heterocycles. The summed E-state index contributed by atoms with van der Waals surface area (Å²) in [6, 6.07) is 7.85. The predicted octanol–water partition coefficient (Wildman–Crippen LogP) is 0.615. The Labute approximate surface area is 215 Å². The Hall–Kier alpha value is -3.41. The average Bonchev–Trinajstić information content (AvgIpc) is 2.75. The van der Waals surface area contributed by atoms with E-state index in [1.807, 2.05) is 0 Å². The number of aromatic nitrogens is 1. The van der Waals surface area contributed by atoms with Crippen LogP contribution in [-0.4, -0.2) is 26.8 Å². The summed E-state index contributed by atoms with van der Waals surface area (Å²) in [4.78, 5) is 35.9. The van der Waals surface area contributed by atoms with Crippen LogP contribution < -0.4 is 50.5 Å². The summed E-state index contributed by atoms with van der Waals surface area (Å²) >= 11 is 0. The first-order chi connectivity index (χ1) is 15.6. The molecule has 0 aliphatic rings. The summed E-state index contributed by atoms with van der Waals surface area (Å²) in [6.45, 7) is 0. The number of carbonyl (C=O) groups excluding carboxylic acids is 1. The molecule has 0 spiro atoms. The second-order valence-corrected chi connectivity index (χ2v) is 6.99. The van der Waals surface area contributed by atoms with E-state index in [-0.39, 0.29) is 48.2 Å². The number of hydrogen-bond donors (Lipinski definition) is 4. The normalized spacial score (nSPS) is 11.1. The molecule has 0 saturated carbocycles. The second-order valence-electron chi connectivity index (χ2n) is 6.99. The van der Waals surface area contributed by atoms with Crippen LogP contribution >= 0.6 is 0 Å². The van der Waals surface area contributed by atoms with Crippen LogP contribution in [0.4, 0.5) is 19.3 Å². The molecule has 0 aliphatic carbocycles. The molecule has 0 radical (unpaired) electrons. The van der Waals surface area contributed by atoms with Crippen LogP contribution in [0.5, 0.6) is 17.2 Å². The van der Waals surface area contributed by atoms with Crippen LogP contribution in [0.15, 0.2) is 59.5 Å². The van der Waals surface area contributed by atoms with E-state index < -0.39 is 47.4 Å². The summed E-state index contributed by atoms with van der Waals surface area (Å²) in [5, 5.41) is 23.8. The zero-order valence-electron chi connectivity index (χ0n) is 19.2. The fourth-order valence-corrected chi connectivity index (χ4v) is 2.95. The minimum absolute atomic E-state index is 0. The molecule has 3 aromatic rings. The number of carbonyl (C=O) groups is 2. The minimum Gasteiger partial charge on any atom is -1.00 e. The van der Waals surface area contributed by atoms with Crippen molar-refractivity contribution in [3.05, 3.63) is 82.3 Å². The third-order valence-corrected chi connectivity index (χ3v) is 4.55. The quantitative estimate of drug-likeness (QED) is 0.365. The van der Waals surface area contributed by atoms with Gasteiger partial charge in [0.05, 0.1) is 12.5 Å². The molecule has 3 rings (SSSR count). The number of rotatable bonds is 7. The summed E-state index contributed by atoms with van der Waals surface area (Å²) in [5.41, 5.74) is -0.746. The number of hydrogen-bond acceptors (Lipinski definition) is 5. The summed E-state index contributed by atoms with van der Waals surface area (Å²) in [7, 11) is 1.42. The Morgan fingerprint density at radius 2 is 1.91 bits per heavy atom. The maximum Gasteiger partial charge on any atom is 1.00 e. The van der Waals surface area contributed by atoms with Crippen LogP contribution in [0.3, 0.4) is 0 Å². The van der Waals surface area contributed by atoms with Crippen molar-refractivity contribution in [3.8, 4) is 17.2 Å². The van der Waals surface area contributed by atoms with Gasteiger partial charge in [-0.1, -0.05) is 12.1 Å². The third-order valence-electron chi connectivity index (χ3n) is 4.55. The van der Waals surface area contributed by atoms with Gasteiger partial charge in [-0.25, -0.2) is 13.6 Å². The van der Waals surface area contributed by atoms with Crippen LogP contribution in [0, 0.1) is 11.6 Å². The summed E-state index contributed by atoms with van der Waals surface area (Å²) in [6.07, 6.45) is 0.782. The topological polar surface area (TPSA) is 130 Å². The van der Waals surface area contributed by atoms with E-state index in [0.717, 1.165) is 16.7 Å². The number of aliphatic carboxylic acids is 1. The largest absolute Gasteiger partial charge is 1.00 e. The fourth-order valence-electron chi connectivity index (χ4n) is 2.95. The molecule has 0 saturated heterocycles. The molecular formula is C22H20F2N3NaO6. The Balaban J connectivity index is 0.00000306. The smallest absolute Gasteiger partial charge is 1.00 e. The molecule has 0 bridgehead atoms. The number of ether oxygens (including phenoxy) is 1. The van der Waals surface area contributed by atoms with Crippen molar-refractivity contribution in [1.29, 1.82) is 0 Å². The Kier molecular flexibility index (Phi) is 9.19. The van der Waals surface area contributed by atoms with Crippen LogP contribution in [0.2, 0.25) is 0 Å². The van der Waals surface area contributed by atoms with Gasteiger partial charge < -0.3 is 31.6 Å². The monoisotopic (exact) mass is 483 g/mol. The molecule has 1 atom stereocenters. The molecule has 2 aromatic carbocycles. The number of urea groups is 1. The Morgan fingerprint density at radius 3 is 2.59 bits per heavy atom. The molecule has 0 unspecified atom stereocenters. The van der Waals surface area contributed by atoms with E-state index in [0.29, 0.717) is 11.6 Å². The summed E-state index contributed by atoms with van der Waals surface area (Å²) < 4.78 is 33.5. The molecule has 2 amide bonds. The first kappa shape index (κ1) is 26.8. The van der Waals surface area contributed by atoms with E-state index in [1.165, 1.54) is 43.6 Å². The molecule has 9 nitrogen and oxygen atoms in total. The molecule has 174 valence electrons. The zero-order chi connectivity index (χ0) is 24.1. The maximum atomic E-state index is 13.9. The van der Waals surface area contributed by atoms with Crippen LogP contribution in [0.25, 0.3) is 0 Å². The van der Waals surface area contributed by atoms with Gasteiger partial charge in [0.15, 0.2) is 17.3 Å². The Bertz CT molecular complexity index is 1270. The van der Waals surface area contributed by atoms with Gasteiger partial charge in [-0.3, -0.25) is 9.59 Å². The van der Waals surface area contributed by atoms with E-state index in [2.05, 4.69) is 10.6 Å². The average molecular weight is 483 g/mol. The van der Waals surface area contributed by atoms with Gasteiger partial charge in [0, 0.05) is 19.3 Å². The SMILES string of the molecule is Cn1ccc(O)c(NC(=O)N[C@@H](CC(=O)O)c2cccc(Oc3ccc(F)cc3F)c2)c1=O.[H-].[Na+]. The number of halogens is 2. The van der Waals surface area contributed by atoms with Gasteiger partial charge in [0.2, 0.25) is 0 Å². The standard InChI is InChI=1S/C22H19F2N3O6.Na.H/c1-27-8-7-17(28)20(21(27)31)26-22(32)25-16(11-19(29)30)12-3-2-4-14(9-12)33-18-6-5-13(23)10-15(18)24;;/h2-10,16,28H,11H2,1H3,(H,29,30)(H2,25,26,32);;/q;+1;-1/t16-;;/m0../s1. The van der Waals surface area contributed by atoms with Gasteiger partial charge >= 0.3 is 41.6 Å². The van der Waals surface area contributed by atoms with Crippen molar-refractivity contribution >= 4 is 17.7 Å².